The summed E-state index contributed by atoms with van der Waals surface area (Å²) < 4.78 is 70.0. The molecule has 1 aliphatic rings. The number of rotatable bonds is 6. The van der Waals surface area contributed by atoms with E-state index < -0.39 is 40.0 Å². The smallest absolute Gasteiger partial charge is 0.394 e. The predicted octanol–water partition coefficient (Wildman–Crippen LogP) is 3.54. The standard InChI is InChI=1S/C25H31F3N2O5S/c1-17-12-30(18(2)14-31)24(32)22-11-7-6-10-21(22)20-9-5-4-8-19(20)15-35-23(17)13-29(3)36(33,34)16-25(26,27)28/h4-11,17-18,23,31H,12-16H2,1-3H3/t17-,18+,23+/m0/s1. The summed E-state index contributed by atoms with van der Waals surface area (Å²) in [6, 6.07) is 13.9. The number of fused-ring (bicyclic) bond motifs is 3. The van der Waals surface area contributed by atoms with Gasteiger partial charge < -0.3 is 14.7 Å². The summed E-state index contributed by atoms with van der Waals surface area (Å²) in [6.45, 7) is 2.97. The maximum atomic E-state index is 13.7. The van der Waals surface area contributed by atoms with E-state index >= 15 is 0 Å². The molecule has 0 saturated heterocycles. The van der Waals surface area contributed by atoms with Gasteiger partial charge in [-0.05, 0) is 29.7 Å². The van der Waals surface area contributed by atoms with Crippen LogP contribution in [0.2, 0.25) is 0 Å². The van der Waals surface area contributed by atoms with E-state index in [2.05, 4.69) is 0 Å². The Morgan fingerprint density at radius 1 is 1.11 bits per heavy atom. The fourth-order valence-corrected chi connectivity index (χ4v) is 5.24. The normalized spacial score (nSPS) is 20.4. The van der Waals surface area contributed by atoms with Gasteiger partial charge in [0.05, 0.1) is 25.4 Å². The number of hydrogen-bond donors (Lipinski definition) is 1. The zero-order chi connectivity index (χ0) is 26.7. The van der Waals surface area contributed by atoms with Gasteiger partial charge >= 0.3 is 6.18 Å². The van der Waals surface area contributed by atoms with Crippen LogP contribution < -0.4 is 0 Å². The number of sulfonamides is 1. The molecular weight excluding hydrogens is 497 g/mol. The lowest BCUT2D eigenvalue weighted by atomic mass is 9.94. The molecule has 0 radical (unpaired) electrons. The zero-order valence-corrected chi connectivity index (χ0v) is 21.2. The third-order valence-corrected chi connectivity index (χ3v) is 8.14. The molecule has 2 aromatic rings. The quantitative estimate of drug-likeness (QED) is 0.620. The number of nitrogens with zero attached hydrogens (tertiary/aromatic N) is 2. The van der Waals surface area contributed by atoms with E-state index in [1.165, 1.54) is 4.90 Å². The van der Waals surface area contributed by atoms with E-state index in [1.807, 2.05) is 36.4 Å². The van der Waals surface area contributed by atoms with Crippen LogP contribution in [0.4, 0.5) is 13.2 Å². The lowest BCUT2D eigenvalue weighted by molar-refractivity contribution is -0.107. The molecule has 0 spiro atoms. The van der Waals surface area contributed by atoms with Crippen LogP contribution in [-0.4, -0.2) is 79.5 Å². The van der Waals surface area contributed by atoms with Gasteiger partial charge in [-0.15, -0.1) is 0 Å². The minimum atomic E-state index is -4.88. The third kappa shape index (κ3) is 6.64. The number of carbonyl (C=O) groups is 1. The predicted molar refractivity (Wildman–Crippen MR) is 130 cm³/mol. The largest absolute Gasteiger partial charge is 0.404 e. The first-order valence-electron chi connectivity index (χ1n) is 11.6. The van der Waals surface area contributed by atoms with Crippen molar-refractivity contribution in [3.05, 3.63) is 59.7 Å². The third-order valence-electron chi connectivity index (χ3n) is 6.35. The molecule has 1 amide bonds. The van der Waals surface area contributed by atoms with Gasteiger partial charge in [0.1, 0.15) is 0 Å². The maximum Gasteiger partial charge on any atom is 0.404 e. The molecule has 2 aromatic carbocycles. The van der Waals surface area contributed by atoms with Crippen LogP contribution in [-0.2, 0) is 21.4 Å². The van der Waals surface area contributed by atoms with E-state index in [9.17, 15) is 31.5 Å². The summed E-state index contributed by atoms with van der Waals surface area (Å²) in [5.41, 5.74) is 2.64. The highest BCUT2D eigenvalue weighted by molar-refractivity contribution is 7.89. The number of likely N-dealkylation sites (N-methyl/N-ethyl adjacent to an activating group) is 1. The van der Waals surface area contributed by atoms with Gasteiger partial charge in [0, 0.05) is 31.6 Å². The van der Waals surface area contributed by atoms with E-state index in [0.717, 1.165) is 18.2 Å². The molecule has 198 valence electrons. The number of alkyl halides is 3. The van der Waals surface area contributed by atoms with E-state index in [4.69, 9.17) is 4.74 Å². The first-order valence-corrected chi connectivity index (χ1v) is 13.2. The minimum absolute atomic E-state index is 0.0659. The number of aliphatic hydroxyl groups excluding tert-OH is 1. The molecule has 1 N–H and O–H groups in total. The Labute approximate surface area is 209 Å². The summed E-state index contributed by atoms with van der Waals surface area (Å²) in [6.07, 6.45) is -5.70. The van der Waals surface area contributed by atoms with Crippen LogP contribution in [0.5, 0.6) is 0 Å². The van der Waals surface area contributed by atoms with Crippen LogP contribution in [0.25, 0.3) is 11.1 Å². The van der Waals surface area contributed by atoms with E-state index in [0.29, 0.717) is 15.4 Å². The summed E-state index contributed by atoms with van der Waals surface area (Å²) in [5.74, 6) is -2.75. The molecule has 0 aliphatic carbocycles. The Morgan fingerprint density at radius 2 is 1.69 bits per heavy atom. The summed E-state index contributed by atoms with van der Waals surface area (Å²) in [5, 5.41) is 9.85. The molecule has 0 aromatic heterocycles. The molecule has 0 saturated carbocycles. The van der Waals surface area contributed by atoms with E-state index in [-0.39, 0.29) is 32.2 Å². The molecule has 11 heteroatoms. The molecule has 0 unspecified atom stereocenters. The second-order valence-corrected chi connectivity index (χ2v) is 11.2. The van der Waals surface area contributed by atoms with Crippen LogP contribution in [0.15, 0.2) is 48.5 Å². The second-order valence-electron chi connectivity index (χ2n) is 9.17. The van der Waals surface area contributed by atoms with Gasteiger partial charge in [-0.25, -0.2) is 12.7 Å². The van der Waals surface area contributed by atoms with Crippen molar-refractivity contribution in [2.75, 3.05) is 32.5 Å². The zero-order valence-electron chi connectivity index (χ0n) is 20.4. The number of ether oxygens (including phenoxy) is 1. The summed E-state index contributed by atoms with van der Waals surface area (Å²) in [4.78, 5) is 15.2. The fraction of sp³-hybridized carbons (Fsp3) is 0.480. The molecular formula is C25H31F3N2O5S. The SMILES string of the molecule is C[C@H](CO)N1C[C@H](C)[C@@H](CN(C)S(=O)(=O)CC(F)(F)F)OCc2ccccc2-c2ccccc2C1=O. The maximum absolute atomic E-state index is 13.7. The molecule has 3 rings (SSSR count). The number of halogens is 3. The Bertz CT molecular complexity index is 1170. The fourth-order valence-electron chi connectivity index (χ4n) is 4.24. The molecule has 1 heterocycles. The topological polar surface area (TPSA) is 87.2 Å². The first-order chi connectivity index (χ1) is 16.8. The average Bonchev–Trinajstić information content (AvgIpc) is 2.83. The highest BCUT2D eigenvalue weighted by Gasteiger charge is 2.39. The van der Waals surface area contributed by atoms with Crippen LogP contribution >= 0.6 is 0 Å². The highest BCUT2D eigenvalue weighted by atomic mass is 32.2. The molecule has 0 fully saturated rings. The van der Waals surface area contributed by atoms with Gasteiger partial charge in [-0.2, -0.15) is 13.2 Å². The number of carbonyl (C=O) groups excluding carboxylic acids is 1. The Balaban J connectivity index is 2.04. The van der Waals surface area contributed by atoms with Crippen molar-refractivity contribution < 1.29 is 36.2 Å². The number of benzene rings is 2. The van der Waals surface area contributed by atoms with Crippen molar-refractivity contribution >= 4 is 15.9 Å². The van der Waals surface area contributed by atoms with Gasteiger partial charge in [-0.3, -0.25) is 4.79 Å². The summed E-state index contributed by atoms with van der Waals surface area (Å²) >= 11 is 0. The van der Waals surface area contributed by atoms with Crippen molar-refractivity contribution in [1.82, 2.24) is 9.21 Å². The van der Waals surface area contributed by atoms with Gasteiger partial charge in [0.15, 0.2) is 5.75 Å². The first kappa shape index (κ1) is 28.1. The lowest BCUT2D eigenvalue weighted by Crippen LogP contribution is -2.48. The minimum Gasteiger partial charge on any atom is -0.394 e. The van der Waals surface area contributed by atoms with Gasteiger partial charge in [0.25, 0.3) is 5.91 Å². The molecule has 7 nitrogen and oxygen atoms in total. The van der Waals surface area contributed by atoms with Crippen LogP contribution in [0.1, 0.15) is 29.8 Å². The van der Waals surface area contributed by atoms with Crippen LogP contribution in [0.3, 0.4) is 0 Å². The molecule has 36 heavy (non-hydrogen) atoms. The Morgan fingerprint density at radius 3 is 2.31 bits per heavy atom. The highest BCUT2D eigenvalue weighted by Crippen LogP contribution is 2.31. The Hall–Kier alpha value is -2.47. The lowest BCUT2D eigenvalue weighted by Gasteiger charge is -2.35. The van der Waals surface area contributed by atoms with Crippen molar-refractivity contribution in [2.24, 2.45) is 5.92 Å². The number of hydrogen-bond acceptors (Lipinski definition) is 5. The van der Waals surface area contributed by atoms with Crippen LogP contribution in [0, 0.1) is 5.92 Å². The number of aliphatic hydroxyl groups is 1. The Kier molecular flexibility index (Phi) is 8.81. The summed E-state index contributed by atoms with van der Waals surface area (Å²) in [7, 11) is -3.54. The molecule has 3 atom stereocenters. The van der Waals surface area contributed by atoms with Crippen molar-refractivity contribution in [3.63, 3.8) is 0 Å². The monoisotopic (exact) mass is 528 g/mol. The van der Waals surface area contributed by atoms with Crippen molar-refractivity contribution in [2.45, 2.75) is 38.8 Å². The van der Waals surface area contributed by atoms with E-state index in [1.54, 1.807) is 26.0 Å². The average molecular weight is 529 g/mol. The molecule has 0 bridgehead atoms. The second kappa shape index (κ2) is 11.3. The van der Waals surface area contributed by atoms with Crippen molar-refractivity contribution in [1.29, 1.82) is 0 Å². The molecule has 1 aliphatic heterocycles. The van der Waals surface area contributed by atoms with Crippen molar-refractivity contribution in [3.8, 4) is 11.1 Å². The van der Waals surface area contributed by atoms with Gasteiger partial charge in [0.2, 0.25) is 10.0 Å². The number of amides is 1. The van der Waals surface area contributed by atoms with Gasteiger partial charge in [-0.1, -0.05) is 49.4 Å².